The zero-order valence-electron chi connectivity index (χ0n) is 8.80. The second-order valence-corrected chi connectivity index (χ2v) is 5.48. The van der Waals surface area contributed by atoms with Crippen molar-refractivity contribution in [1.29, 1.82) is 0 Å². The lowest BCUT2D eigenvalue weighted by atomic mass is 10.1. The first-order valence-corrected chi connectivity index (χ1v) is 6.45. The summed E-state index contributed by atoms with van der Waals surface area (Å²) < 4.78 is 7.17. The van der Waals surface area contributed by atoms with Gasteiger partial charge in [-0.15, -0.1) is 0 Å². The first kappa shape index (κ1) is 13.0. The molecule has 0 N–H and O–H groups in total. The molecule has 0 heterocycles. The third-order valence-corrected chi connectivity index (χ3v) is 4.59. The number of hydrogen-bond acceptors (Lipinski definition) is 2. The SMILES string of the molecule is Cc1cc(C(=O)OC(C)C)cc(Br)c1I. The fourth-order valence-electron chi connectivity index (χ4n) is 1.13. The van der Waals surface area contributed by atoms with E-state index in [1.807, 2.05) is 26.8 Å². The van der Waals surface area contributed by atoms with Crippen molar-refractivity contribution in [1.82, 2.24) is 0 Å². The number of halogens is 2. The van der Waals surface area contributed by atoms with Gasteiger partial charge in [0.25, 0.3) is 0 Å². The second kappa shape index (κ2) is 5.30. The number of hydrogen-bond donors (Lipinski definition) is 0. The average molecular weight is 383 g/mol. The van der Waals surface area contributed by atoms with E-state index < -0.39 is 0 Å². The molecule has 82 valence electrons. The van der Waals surface area contributed by atoms with Crippen LogP contribution in [0, 0.1) is 10.5 Å². The Morgan fingerprint density at radius 1 is 1.47 bits per heavy atom. The summed E-state index contributed by atoms with van der Waals surface area (Å²) in [5.74, 6) is -0.273. The standard InChI is InChI=1S/C11H12BrIO2/c1-6(2)15-11(14)8-4-7(3)10(13)9(12)5-8/h4-6H,1-3H3. The minimum Gasteiger partial charge on any atom is -0.459 e. The van der Waals surface area contributed by atoms with Crippen molar-refractivity contribution in [2.45, 2.75) is 26.9 Å². The minimum atomic E-state index is -0.273. The number of aryl methyl sites for hydroxylation is 1. The molecule has 0 aliphatic rings. The number of carbonyl (C=O) groups excluding carboxylic acids is 1. The molecule has 1 rings (SSSR count). The number of carbonyl (C=O) groups is 1. The van der Waals surface area contributed by atoms with Gasteiger partial charge in [0.15, 0.2) is 0 Å². The Morgan fingerprint density at radius 3 is 2.53 bits per heavy atom. The molecule has 0 bridgehead atoms. The zero-order chi connectivity index (χ0) is 11.6. The average Bonchev–Trinajstić information content (AvgIpc) is 2.12. The van der Waals surface area contributed by atoms with Crippen LogP contribution in [0.15, 0.2) is 16.6 Å². The quantitative estimate of drug-likeness (QED) is 0.572. The van der Waals surface area contributed by atoms with Gasteiger partial charge in [0.05, 0.1) is 11.7 Å². The first-order chi connectivity index (χ1) is 6.91. The molecule has 0 saturated carbocycles. The minimum absolute atomic E-state index is 0.0872. The van der Waals surface area contributed by atoms with Crippen LogP contribution in [-0.4, -0.2) is 12.1 Å². The summed E-state index contributed by atoms with van der Waals surface area (Å²) in [5.41, 5.74) is 1.66. The van der Waals surface area contributed by atoms with E-state index in [0.717, 1.165) is 13.6 Å². The highest BCUT2D eigenvalue weighted by Crippen LogP contribution is 2.24. The van der Waals surface area contributed by atoms with Gasteiger partial charge >= 0.3 is 5.97 Å². The molecule has 0 atom stereocenters. The van der Waals surface area contributed by atoms with Crippen molar-refractivity contribution in [2.24, 2.45) is 0 Å². The van der Waals surface area contributed by atoms with E-state index in [4.69, 9.17) is 4.74 Å². The molecule has 0 unspecified atom stereocenters. The molecule has 0 aliphatic carbocycles. The first-order valence-electron chi connectivity index (χ1n) is 4.58. The van der Waals surface area contributed by atoms with Crippen molar-refractivity contribution in [3.63, 3.8) is 0 Å². The largest absolute Gasteiger partial charge is 0.459 e. The predicted molar refractivity (Wildman–Crippen MR) is 72.1 cm³/mol. The van der Waals surface area contributed by atoms with Crippen LogP contribution in [0.5, 0.6) is 0 Å². The van der Waals surface area contributed by atoms with Gasteiger partial charge in [-0.05, 0) is 77.0 Å². The van der Waals surface area contributed by atoms with Crippen LogP contribution < -0.4 is 0 Å². The van der Waals surface area contributed by atoms with E-state index in [1.54, 1.807) is 6.07 Å². The lowest BCUT2D eigenvalue weighted by molar-refractivity contribution is 0.0377. The molecule has 0 spiro atoms. The third kappa shape index (κ3) is 3.45. The van der Waals surface area contributed by atoms with Crippen molar-refractivity contribution in [3.05, 3.63) is 31.3 Å². The molecule has 0 amide bonds. The van der Waals surface area contributed by atoms with Crippen molar-refractivity contribution < 1.29 is 9.53 Å². The van der Waals surface area contributed by atoms with E-state index >= 15 is 0 Å². The van der Waals surface area contributed by atoms with Gasteiger partial charge in [0, 0.05) is 8.04 Å². The van der Waals surface area contributed by atoms with Crippen LogP contribution in [0.2, 0.25) is 0 Å². The summed E-state index contributed by atoms with van der Waals surface area (Å²) in [7, 11) is 0. The van der Waals surface area contributed by atoms with Crippen LogP contribution in [0.1, 0.15) is 29.8 Å². The summed E-state index contributed by atoms with van der Waals surface area (Å²) >= 11 is 5.65. The van der Waals surface area contributed by atoms with Crippen molar-refractivity contribution in [2.75, 3.05) is 0 Å². The summed E-state index contributed by atoms with van der Waals surface area (Å²) in [6.45, 7) is 5.65. The van der Waals surface area contributed by atoms with Gasteiger partial charge in [-0.1, -0.05) is 0 Å². The van der Waals surface area contributed by atoms with Crippen LogP contribution >= 0.6 is 38.5 Å². The van der Waals surface area contributed by atoms with Crippen molar-refractivity contribution >= 4 is 44.5 Å². The normalized spacial score (nSPS) is 10.5. The van der Waals surface area contributed by atoms with E-state index in [-0.39, 0.29) is 12.1 Å². The maximum absolute atomic E-state index is 11.6. The monoisotopic (exact) mass is 382 g/mol. The van der Waals surface area contributed by atoms with E-state index in [1.165, 1.54) is 0 Å². The molecule has 0 fully saturated rings. The smallest absolute Gasteiger partial charge is 0.338 e. The molecule has 0 aliphatic heterocycles. The number of esters is 1. The lowest BCUT2D eigenvalue weighted by Gasteiger charge is -2.09. The number of rotatable bonds is 2. The highest BCUT2D eigenvalue weighted by molar-refractivity contribution is 14.1. The molecule has 0 aromatic heterocycles. The van der Waals surface area contributed by atoms with E-state index in [9.17, 15) is 4.79 Å². The van der Waals surface area contributed by atoms with Crippen molar-refractivity contribution in [3.8, 4) is 0 Å². The highest BCUT2D eigenvalue weighted by Gasteiger charge is 2.12. The fourth-order valence-corrected chi connectivity index (χ4v) is 2.00. The number of ether oxygens (including phenoxy) is 1. The molecule has 2 nitrogen and oxygen atoms in total. The van der Waals surface area contributed by atoms with Gasteiger partial charge < -0.3 is 4.74 Å². The maximum atomic E-state index is 11.6. The van der Waals surface area contributed by atoms with E-state index in [0.29, 0.717) is 5.56 Å². The van der Waals surface area contributed by atoms with Gasteiger partial charge in [-0.25, -0.2) is 4.79 Å². The fraction of sp³-hybridized carbons (Fsp3) is 0.364. The third-order valence-electron chi connectivity index (χ3n) is 1.79. The van der Waals surface area contributed by atoms with Crippen LogP contribution in [-0.2, 0) is 4.74 Å². The topological polar surface area (TPSA) is 26.3 Å². The van der Waals surface area contributed by atoms with Gasteiger partial charge in [-0.3, -0.25) is 0 Å². The Kier molecular flexibility index (Phi) is 4.58. The Labute approximate surface area is 112 Å². The Balaban J connectivity index is 3.01. The van der Waals surface area contributed by atoms with Gasteiger partial charge in [0.2, 0.25) is 0 Å². The van der Waals surface area contributed by atoms with Crippen LogP contribution in [0.3, 0.4) is 0 Å². The Morgan fingerprint density at radius 2 is 2.07 bits per heavy atom. The molecule has 1 aromatic carbocycles. The van der Waals surface area contributed by atoms with Crippen LogP contribution in [0.25, 0.3) is 0 Å². The Bertz CT molecular complexity index is 365. The summed E-state index contributed by atoms with van der Waals surface area (Å²) in [6, 6.07) is 3.64. The molecule has 1 aromatic rings. The number of benzene rings is 1. The molecule has 4 heteroatoms. The van der Waals surface area contributed by atoms with Crippen LogP contribution in [0.4, 0.5) is 0 Å². The lowest BCUT2D eigenvalue weighted by Crippen LogP contribution is -2.12. The summed E-state index contributed by atoms with van der Waals surface area (Å²) in [6.07, 6.45) is -0.0872. The zero-order valence-corrected chi connectivity index (χ0v) is 12.5. The predicted octanol–water partition coefficient (Wildman–Crippen LogP) is 3.93. The van der Waals surface area contributed by atoms with Gasteiger partial charge in [-0.2, -0.15) is 0 Å². The van der Waals surface area contributed by atoms with Gasteiger partial charge in [0.1, 0.15) is 0 Å². The molecule has 0 radical (unpaired) electrons. The van der Waals surface area contributed by atoms with E-state index in [2.05, 4.69) is 38.5 Å². The Hall–Kier alpha value is -0.1000. The molecule has 0 saturated heterocycles. The molecular weight excluding hydrogens is 371 g/mol. The summed E-state index contributed by atoms with van der Waals surface area (Å²) in [4.78, 5) is 11.6. The second-order valence-electron chi connectivity index (χ2n) is 3.54. The highest BCUT2D eigenvalue weighted by atomic mass is 127. The molecular formula is C11H12BrIO2. The maximum Gasteiger partial charge on any atom is 0.338 e. The summed E-state index contributed by atoms with van der Waals surface area (Å²) in [5, 5.41) is 0. The molecule has 15 heavy (non-hydrogen) atoms.